The summed E-state index contributed by atoms with van der Waals surface area (Å²) in [6, 6.07) is 6.56. The quantitative estimate of drug-likeness (QED) is 0.621. The lowest BCUT2D eigenvalue weighted by atomic mass is 9.96. The van der Waals surface area contributed by atoms with Gasteiger partial charge < -0.3 is 10.6 Å². The number of aromatic nitrogens is 2. The zero-order valence-corrected chi connectivity index (χ0v) is 15.9. The number of alkyl halides is 3. The summed E-state index contributed by atoms with van der Waals surface area (Å²) >= 11 is 3.37. The molecule has 1 aliphatic rings. The molecule has 0 unspecified atom stereocenters. The van der Waals surface area contributed by atoms with Crippen molar-refractivity contribution in [2.24, 2.45) is 0 Å². The molecule has 1 aliphatic carbocycles. The number of nitrogens with zero attached hydrogens (tertiary/aromatic N) is 2. The highest BCUT2D eigenvalue weighted by Gasteiger charge is 2.34. The third-order valence-corrected chi connectivity index (χ3v) is 4.90. The molecule has 2 N–H and O–H groups in total. The van der Waals surface area contributed by atoms with Gasteiger partial charge in [-0.3, -0.25) is 0 Å². The molecule has 0 amide bonds. The Hall–Kier alpha value is -1.83. The van der Waals surface area contributed by atoms with E-state index in [0.717, 1.165) is 48.2 Å². The molecular formula is C18H20BrF3N4. The number of hydrogen-bond donors (Lipinski definition) is 2. The van der Waals surface area contributed by atoms with Gasteiger partial charge in [-0.1, -0.05) is 35.2 Å². The lowest BCUT2D eigenvalue weighted by Crippen LogP contribution is -2.24. The first kappa shape index (κ1) is 18.9. The molecule has 1 aromatic heterocycles. The van der Waals surface area contributed by atoms with Crippen molar-refractivity contribution in [3.63, 3.8) is 0 Å². The van der Waals surface area contributed by atoms with Gasteiger partial charge in [-0.25, -0.2) is 4.98 Å². The molecule has 1 heterocycles. The van der Waals surface area contributed by atoms with Gasteiger partial charge in [0.15, 0.2) is 5.69 Å². The van der Waals surface area contributed by atoms with Crippen LogP contribution in [0.5, 0.6) is 0 Å². The van der Waals surface area contributed by atoms with Gasteiger partial charge in [-0.15, -0.1) is 0 Å². The average Bonchev–Trinajstić information content (AvgIpc) is 2.57. The minimum atomic E-state index is -4.53. The second-order valence-corrected chi connectivity index (χ2v) is 7.44. The van der Waals surface area contributed by atoms with Crippen LogP contribution in [0.4, 0.5) is 30.6 Å². The van der Waals surface area contributed by atoms with Crippen molar-refractivity contribution in [2.75, 3.05) is 10.6 Å². The first-order valence-electron chi connectivity index (χ1n) is 8.57. The third kappa shape index (κ3) is 4.87. The summed E-state index contributed by atoms with van der Waals surface area (Å²) < 4.78 is 40.6. The van der Waals surface area contributed by atoms with E-state index in [9.17, 15) is 13.2 Å². The van der Waals surface area contributed by atoms with Gasteiger partial charge in [-0.05, 0) is 43.5 Å². The predicted octanol–water partition coefficient (Wildman–Crippen LogP) is 6.05. The van der Waals surface area contributed by atoms with Crippen LogP contribution in [0.2, 0.25) is 0 Å². The molecule has 1 aromatic carbocycles. The molecule has 26 heavy (non-hydrogen) atoms. The summed E-state index contributed by atoms with van der Waals surface area (Å²) in [5.41, 5.74) is 0.639. The first-order valence-corrected chi connectivity index (χ1v) is 9.36. The van der Waals surface area contributed by atoms with Gasteiger partial charge in [0.1, 0.15) is 5.82 Å². The van der Waals surface area contributed by atoms with Gasteiger partial charge in [0.05, 0.1) is 0 Å². The molecule has 0 atom stereocenters. The van der Waals surface area contributed by atoms with E-state index in [0.29, 0.717) is 5.69 Å². The smallest absolute Gasteiger partial charge is 0.351 e. The normalized spacial score (nSPS) is 15.7. The summed E-state index contributed by atoms with van der Waals surface area (Å²) in [4.78, 5) is 7.94. The van der Waals surface area contributed by atoms with Crippen LogP contribution in [0.1, 0.15) is 43.4 Å². The molecule has 0 spiro atoms. The molecular weight excluding hydrogens is 409 g/mol. The Bertz CT molecular complexity index is 774. The summed E-state index contributed by atoms with van der Waals surface area (Å²) in [5, 5.41) is 6.05. The maximum absolute atomic E-state index is 13.2. The molecule has 1 fully saturated rings. The number of benzene rings is 1. The van der Waals surface area contributed by atoms with Gasteiger partial charge in [0.2, 0.25) is 5.95 Å². The van der Waals surface area contributed by atoms with Crippen LogP contribution in [0.15, 0.2) is 28.7 Å². The molecule has 0 radical (unpaired) electrons. The van der Waals surface area contributed by atoms with Crippen molar-refractivity contribution >= 4 is 33.4 Å². The number of rotatable bonds is 4. The SMILES string of the molecule is Cc1cc(Br)ccc1Nc1cc(C(F)(F)F)nc(NC2CCCCC2)n1. The lowest BCUT2D eigenvalue weighted by Gasteiger charge is -2.23. The van der Waals surface area contributed by atoms with Gasteiger partial charge >= 0.3 is 6.18 Å². The number of anilines is 3. The van der Waals surface area contributed by atoms with E-state index in [2.05, 4.69) is 36.5 Å². The van der Waals surface area contributed by atoms with Crippen molar-refractivity contribution < 1.29 is 13.2 Å². The van der Waals surface area contributed by atoms with E-state index < -0.39 is 11.9 Å². The Morgan fingerprint density at radius 2 is 1.81 bits per heavy atom. The molecule has 140 valence electrons. The van der Waals surface area contributed by atoms with Crippen molar-refractivity contribution in [3.8, 4) is 0 Å². The molecule has 0 bridgehead atoms. The summed E-state index contributed by atoms with van der Waals surface area (Å²) in [6.45, 7) is 1.88. The maximum Gasteiger partial charge on any atom is 0.433 e. The summed E-state index contributed by atoms with van der Waals surface area (Å²) in [5.74, 6) is 0.139. The Morgan fingerprint density at radius 3 is 2.46 bits per heavy atom. The molecule has 3 rings (SSSR count). The Labute approximate surface area is 158 Å². The first-order chi connectivity index (χ1) is 12.3. The second kappa shape index (κ2) is 7.82. The highest BCUT2D eigenvalue weighted by Crippen LogP contribution is 2.32. The topological polar surface area (TPSA) is 49.8 Å². The van der Waals surface area contributed by atoms with E-state index in [1.807, 2.05) is 19.1 Å². The van der Waals surface area contributed by atoms with Gasteiger partial charge in [0.25, 0.3) is 0 Å². The molecule has 8 heteroatoms. The largest absolute Gasteiger partial charge is 0.433 e. The molecule has 2 aromatic rings. The van der Waals surface area contributed by atoms with E-state index in [1.54, 1.807) is 6.07 Å². The Morgan fingerprint density at radius 1 is 1.08 bits per heavy atom. The molecule has 0 saturated heterocycles. The number of halogens is 4. The highest BCUT2D eigenvalue weighted by molar-refractivity contribution is 9.10. The number of nitrogens with one attached hydrogen (secondary N) is 2. The van der Waals surface area contributed by atoms with Crippen molar-refractivity contribution in [1.29, 1.82) is 0 Å². The predicted molar refractivity (Wildman–Crippen MR) is 99.7 cm³/mol. The summed E-state index contributed by atoms with van der Waals surface area (Å²) in [7, 11) is 0. The molecule has 4 nitrogen and oxygen atoms in total. The standard InChI is InChI=1S/C18H20BrF3N4/c1-11-9-12(19)7-8-14(11)24-16-10-15(18(20,21)22)25-17(26-16)23-13-5-3-2-4-6-13/h7-10,13H,2-6H2,1H3,(H2,23,24,25,26). The summed E-state index contributed by atoms with van der Waals surface area (Å²) in [6.07, 6.45) is 0.621. The van der Waals surface area contributed by atoms with Crippen LogP contribution in [-0.2, 0) is 6.18 Å². The Balaban J connectivity index is 1.89. The number of hydrogen-bond acceptors (Lipinski definition) is 4. The monoisotopic (exact) mass is 428 g/mol. The van der Waals surface area contributed by atoms with Crippen molar-refractivity contribution in [3.05, 3.63) is 40.0 Å². The second-order valence-electron chi connectivity index (χ2n) is 6.52. The van der Waals surface area contributed by atoms with E-state index in [4.69, 9.17) is 0 Å². The van der Waals surface area contributed by atoms with Crippen molar-refractivity contribution in [2.45, 2.75) is 51.2 Å². The Kier molecular flexibility index (Phi) is 5.70. The zero-order chi connectivity index (χ0) is 18.7. The fraction of sp³-hybridized carbons (Fsp3) is 0.444. The fourth-order valence-corrected chi connectivity index (χ4v) is 3.53. The van der Waals surface area contributed by atoms with Crippen LogP contribution in [0, 0.1) is 6.92 Å². The molecule has 1 saturated carbocycles. The van der Waals surface area contributed by atoms with Crippen LogP contribution >= 0.6 is 15.9 Å². The fourth-order valence-electron chi connectivity index (χ4n) is 3.06. The van der Waals surface area contributed by atoms with Gasteiger partial charge in [0, 0.05) is 22.3 Å². The third-order valence-electron chi connectivity index (χ3n) is 4.41. The van der Waals surface area contributed by atoms with Crippen LogP contribution in [0.25, 0.3) is 0 Å². The van der Waals surface area contributed by atoms with E-state index in [1.165, 1.54) is 0 Å². The minimum absolute atomic E-state index is 0.0176. The van der Waals surface area contributed by atoms with Crippen molar-refractivity contribution in [1.82, 2.24) is 9.97 Å². The average molecular weight is 429 g/mol. The van der Waals surface area contributed by atoms with Gasteiger partial charge in [-0.2, -0.15) is 18.2 Å². The van der Waals surface area contributed by atoms with E-state index in [-0.39, 0.29) is 17.8 Å². The lowest BCUT2D eigenvalue weighted by molar-refractivity contribution is -0.141. The maximum atomic E-state index is 13.2. The molecule has 0 aliphatic heterocycles. The zero-order valence-electron chi connectivity index (χ0n) is 14.3. The van der Waals surface area contributed by atoms with Crippen LogP contribution < -0.4 is 10.6 Å². The van der Waals surface area contributed by atoms with Crippen LogP contribution in [0.3, 0.4) is 0 Å². The van der Waals surface area contributed by atoms with Crippen LogP contribution in [-0.4, -0.2) is 16.0 Å². The van der Waals surface area contributed by atoms with E-state index >= 15 is 0 Å². The minimum Gasteiger partial charge on any atom is -0.351 e. The number of aryl methyl sites for hydroxylation is 1. The highest BCUT2D eigenvalue weighted by atomic mass is 79.9.